The number of amides is 1. The van der Waals surface area contributed by atoms with E-state index in [-0.39, 0.29) is 5.91 Å². The van der Waals surface area contributed by atoms with E-state index in [1.165, 1.54) is 11.3 Å². The predicted molar refractivity (Wildman–Crippen MR) is 82.5 cm³/mol. The van der Waals surface area contributed by atoms with Crippen LogP contribution in [0.2, 0.25) is 0 Å². The number of hydrogen-bond acceptors (Lipinski definition) is 2. The van der Waals surface area contributed by atoms with E-state index in [4.69, 9.17) is 0 Å². The Kier molecular flexibility index (Phi) is 3.18. The molecule has 3 rings (SSSR count). The molecule has 0 spiro atoms. The van der Waals surface area contributed by atoms with Gasteiger partial charge in [0.2, 0.25) is 0 Å². The lowest BCUT2D eigenvalue weighted by Crippen LogP contribution is -2.13. The molecule has 0 fully saturated rings. The van der Waals surface area contributed by atoms with E-state index in [2.05, 4.69) is 17.3 Å². The zero-order valence-corrected chi connectivity index (χ0v) is 11.8. The minimum absolute atomic E-state index is 0.0482. The Balaban J connectivity index is 1.81. The molecule has 1 aliphatic heterocycles. The number of rotatable bonds is 2. The minimum Gasteiger partial charge on any atom is -0.374 e. The molecule has 20 heavy (non-hydrogen) atoms. The molecule has 2 aromatic rings. The van der Waals surface area contributed by atoms with Gasteiger partial charge in [-0.3, -0.25) is 4.79 Å². The van der Waals surface area contributed by atoms with Crippen LogP contribution in [0, 0.1) is 6.92 Å². The molecule has 0 atom stereocenters. The number of likely N-dealkylation sites (N-methyl/N-ethyl adjacent to an activating group) is 1. The molecule has 102 valence electrons. The molecule has 1 amide bonds. The summed E-state index contributed by atoms with van der Waals surface area (Å²) in [5.74, 6) is -0.0482. The van der Waals surface area contributed by atoms with E-state index in [1.54, 1.807) is 0 Å². The highest BCUT2D eigenvalue weighted by atomic mass is 16.1. The van der Waals surface area contributed by atoms with E-state index in [9.17, 15) is 4.79 Å². The lowest BCUT2D eigenvalue weighted by atomic mass is 10.1. The third-order valence-electron chi connectivity index (χ3n) is 3.75. The van der Waals surface area contributed by atoms with Gasteiger partial charge < -0.3 is 10.2 Å². The number of carbonyl (C=O) groups excluding carboxylic acids is 1. The molecule has 0 aliphatic carbocycles. The van der Waals surface area contributed by atoms with Gasteiger partial charge in [-0.05, 0) is 54.8 Å². The second-order valence-electron chi connectivity index (χ2n) is 5.34. The molecule has 0 aromatic heterocycles. The number of fused-ring (bicyclic) bond motifs is 1. The highest BCUT2D eigenvalue weighted by Gasteiger charge is 2.17. The Morgan fingerprint density at radius 2 is 2.05 bits per heavy atom. The Labute approximate surface area is 119 Å². The van der Waals surface area contributed by atoms with E-state index in [0.29, 0.717) is 0 Å². The van der Waals surface area contributed by atoms with Crippen LogP contribution >= 0.6 is 0 Å². The van der Waals surface area contributed by atoms with E-state index >= 15 is 0 Å². The molecular formula is C17H18N2O. The molecule has 3 heteroatoms. The van der Waals surface area contributed by atoms with Gasteiger partial charge in [0.05, 0.1) is 0 Å². The van der Waals surface area contributed by atoms with Crippen molar-refractivity contribution < 1.29 is 4.79 Å². The summed E-state index contributed by atoms with van der Waals surface area (Å²) in [5.41, 5.74) is 5.19. The van der Waals surface area contributed by atoms with Crippen molar-refractivity contribution in [2.75, 3.05) is 23.8 Å². The number of hydrogen-bond donors (Lipinski definition) is 1. The molecule has 0 radical (unpaired) electrons. The summed E-state index contributed by atoms with van der Waals surface area (Å²) in [7, 11) is 2.08. The number of nitrogens with zero attached hydrogens (tertiary/aromatic N) is 1. The van der Waals surface area contributed by atoms with Crippen LogP contribution in [0.4, 0.5) is 11.4 Å². The highest BCUT2D eigenvalue weighted by molar-refractivity contribution is 6.04. The maximum absolute atomic E-state index is 12.3. The van der Waals surface area contributed by atoms with Gasteiger partial charge in [-0.1, -0.05) is 12.1 Å². The summed E-state index contributed by atoms with van der Waals surface area (Å²) in [4.78, 5) is 14.5. The Morgan fingerprint density at radius 3 is 2.85 bits per heavy atom. The highest BCUT2D eigenvalue weighted by Crippen LogP contribution is 2.27. The van der Waals surface area contributed by atoms with E-state index < -0.39 is 0 Å². The number of benzene rings is 2. The monoisotopic (exact) mass is 266 g/mol. The maximum Gasteiger partial charge on any atom is 0.255 e. The standard InChI is InChI=1S/C17H18N2O/c1-12-4-3-5-15(10-12)18-17(20)14-6-7-16-13(11-14)8-9-19(16)2/h3-7,10-11H,8-9H2,1-2H3,(H,18,20). The zero-order valence-electron chi connectivity index (χ0n) is 11.8. The van der Waals surface area contributed by atoms with Crippen molar-refractivity contribution in [3.8, 4) is 0 Å². The molecule has 0 saturated heterocycles. The van der Waals surface area contributed by atoms with Gasteiger partial charge in [0.15, 0.2) is 0 Å². The van der Waals surface area contributed by atoms with Crippen LogP contribution in [-0.4, -0.2) is 19.5 Å². The molecule has 3 nitrogen and oxygen atoms in total. The van der Waals surface area contributed by atoms with E-state index in [0.717, 1.165) is 29.8 Å². The predicted octanol–water partition coefficient (Wildman–Crippen LogP) is 3.24. The van der Waals surface area contributed by atoms with Crippen LogP contribution in [0.3, 0.4) is 0 Å². The zero-order chi connectivity index (χ0) is 14.1. The fraction of sp³-hybridized carbons (Fsp3) is 0.235. The van der Waals surface area contributed by atoms with Crippen molar-refractivity contribution in [3.63, 3.8) is 0 Å². The van der Waals surface area contributed by atoms with Crippen LogP contribution in [0.1, 0.15) is 21.5 Å². The molecular weight excluding hydrogens is 248 g/mol. The first-order chi connectivity index (χ1) is 9.63. The van der Waals surface area contributed by atoms with Gasteiger partial charge >= 0.3 is 0 Å². The summed E-state index contributed by atoms with van der Waals surface area (Å²) in [6.07, 6.45) is 1.01. The molecule has 1 heterocycles. The largest absolute Gasteiger partial charge is 0.374 e. The van der Waals surface area contributed by atoms with Crippen LogP contribution in [0.25, 0.3) is 0 Å². The smallest absolute Gasteiger partial charge is 0.255 e. The lowest BCUT2D eigenvalue weighted by molar-refractivity contribution is 0.102. The van der Waals surface area contributed by atoms with Gasteiger partial charge in [0.1, 0.15) is 0 Å². The molecule has 2 aromatic carbocycles. The third kappa shape index (κ3) is 2.39. The third-order valence-corrected chi connectivity index (χ3v) is 3.75. The van der Waals surface area contributed by atoms with Crippen molar-refractivity contribution in [2.24, 2.45) is 0 Å². The Morgan fingerprint density at radius 1 is 1.20 bits per heavy atom. The van der Waals surface area contributed by atoms with Gasteiger partial charge in [-0.15, -0.1) is 0 Å². The minimum atomic E-state index is -0.0482. The quantitative estimate of drug-likeness (QED) is 0.905. The fourth-order valence-electron chi connectivity index (χ4n) is 2.63. The van der Waals surface area contributed by atoms with Crippen molar-refractivity contribution in [1.82, 2.24) is 0 Å². The van der Waals surface area contributed by atoms with Crippen molar-refractivity contribution in [2.45, 2.75) is 13.3 Å². The average molecular weight is 266 g/mol. The number of nitrogens with one attached hydrogen (secondary N) is 1. The van der Waals surface area contributed by atoms with Gasteiger partial charge in [0.25, 0.3) is 5.91 Å². The molecule has 0 saturated carbocycles. The lowest BCUT2D eigenvalue weighted by Gasteiger charge is -2.12. The fourth-order valence-corrected chi connectivity index (χ4v) is 2.63. The molecule has 1 N–H and O–H groups in total. The topological polar surface area (TPSA) is 32.3 Å². The number of carbonyl (C=O) groups is 1. The van der Waals surface area contributed by atoms with E-state index in [1.807, 2.05) is 49.4 Å². The maximum atomic E-state index is 12.3. The van der Waals surface area contributed by atoms with Crippen LogP contribution in [0.5, 0.6) is 0 Å². The summed E-state index contributed by atoms with van der Waals surface area (Å²) in [6, 6.07) is 13.8. The van der Waals surface area contributed by atoms with Crippen molar-refractivity contribution >= 4 is 17.3 Å². The first kappa shape index (κ1) is 12.7. The molecule has 0 bridgehead atoms. The number of anilines is 2. The molecule has 0 unspecified atom stereocenters. The average Bonchev–Trinajstić information content (AvgIpc) is 2.80. The first-order valence-corrected chi connectivity index (χ1v) is 6.85. The summed E-state index contributed by atoms with van der Waals surface area (Å²) >= 11 is 0. The van der Waals surface area contributed by atoms with Crippen LogP contribution < -0.4 is 10.2 Å². The normalized spacial score (nSPS) is 13.2. The molecule has 1 aliphatic rings. The SMILES string of the molecule is Cc1cccc(NC(=O)c2ccc3c(c2)CCN3C)c1. The Hall–Kier alpha value is -2.29. The first-order valence-electron chi connectivity index (χ1n) is 6.85. The van der Waals surface area contributed by atoms with Crippen molar-refractivity contribution in [1.29, 1.82) is 0 Å². The van der Waals surface area contributed by atoms with Gasteiger partial charge in [-0.25, -0.2) is 0 Å². The summed E-state index contributed by atoms with van der Waals surface area (Å²) in [6.45, 7) is 3.04. The Bertz CT molecular complexity index is 664. The van der Waals surface area contributed by atoms with Gasteiger partial charge in [0, 0.05) is 30.5 Å². The summed E-state index contributed by atoms with van der Waals surface area (Å²) < 4.78 is 0. The summed E-state index contributed by atoms with van der Waals surface area (Å²) in [5, 5.41) is 2.95. The van der Waals surface area contributed by atoms with Gasteiger partial charge in [-0.2, -0.15) is 0 Å². The second kappa shape index (κ2) is 5.00. The number of aryl methyl sites for hydroxylation is 1. The van der Waals surface area contributed by atoms with Crippen LogP contribution in [-0.2, 0) is 6.42 Å². The van der Waals surface area contributed by atoms with Crippen molar-refractivity contribution in [3.05, 3.63) is 59.2 Å². The van der Waals surface area contributed by atoms with Crippen LogP contribution in [0.15, 0.2) is 42.5 Å². The second-order valence-corrected chi connectivity index (χ2v) is 5.34.